The normalized spacial score (nSPS) is 12.5. The van der Waals surface area contributed by atoms with E-state index in [1.807, 2.05) is 0 Å². The van der Waals surface area contributed by atoms with Gasteiger partial charge in [-0.25, -0.2) is 4.39 Å². The number of hydrogen-bond donors (Lipinski definition) is 0. The number of hydrogen-bond acceptors (Lipinski definition) is 1. The van der Waals surface area contributed by atoms with Gasteiger partial charge in [0.1, 0.15) is 0 Å². The summed E-state index contributed by atoms with van der Waals surface area (Å²) in [6.07, 6.45) is 0. The Morgan fingerprint density at radius 1 is 1.15 bits per heavy atom. The third-order valence-electron chi connectivity index (χ3n) is 1.17. The Hall–Kier alpha value is -1.19. The lowest BCUT2D eigenvalue weighted by Gasteiger charge is -2.10. The minimum Gasteiger partial charge on any atom is -0.431 e. The fraction of sp³-hybridized carbons (Fsp3) is 0.333. The van der Waals surface area contributed by atoms with Gasteiger partial charge in [-0.3, -0.25) is 0 Å². The summed E-state index contributed by atoms with van der Waals surface area (Å²) in [6.45, 7) is 6.25. The van der Waals surface area contributed by atoms with E-state index in [4.69, 9.17) is 0 Å². The molecular weight excluding hydrogens is 181 g/mol. The van der Waals surface area contributed by atoms with Gasteiger partial charge in [0.25, 0.3) is 0 Å². The molecular formula is C9H11F3O. The molecule has 0 aliphatic rings. The van der Waals surface area contributed by atoms with Crippen LogP contribution in [0, 0.1) is 0 Å². The summed E-state index contributed by atoms with van der Waals surface area (Å²) in [4.78, 5) is 0. The third kappa shape index (κ3) is 3.83. The summed E-state index contributed by atoms with van der Waals surface area (Å²) in [6, 6.07) is 0. The molecule has 0 aliphatic heterocycles. The molecule has 0 aliphatic carbocycles. The van der Waals surface area contributed by atoms with E-state index < -0.39 is 18.2 Å². The molecule has 0 atom stereocenters. The predicted molar refractivity (Wildman–Crippen MR) is 44.9 cm³/mol. The van der Waals surface area contributed by atoms with Gasteiger partial charge in [0.15, 0.2) is 11.6 Å². The van der Waals surface area contributed by atoms with Crippen molar-refractivity contribution in [1.29, 1.82) is 0 Å². The topological polar surface area (TPSA) is 9.23 Å². The molecule has 0 spiro atoms. The highest BCUT2D eigenvalue weighted by atomic mass is 19.3. The Kier molecular flexibility index (Phi) is 4.31. The summed E-state index contributed by atoms with van der Waals surface area (Å²) in [5.41, 5.74) is 0.124. The molecule has 0 amide bonds. The summed E-state index contributed by atoms with van der Waals surface area (Å²) in [7, 11) is 0. The first-order chi connectivity index (χ1) is 5.86. The van der Waals surface area contributed by atoms with Crippen LogP contribution >= 0.6 is 0 Å². The van der Waals surface area contributed by atoms with Crippen molar-refractivity contribution in [2.75, 3.05) is 0 Å². The summed E-state index contributed by atoms with van der Waals surface area (Å²) < 4.78 is 40.6. The van der Waals surface area contributed by atoms with E-state index in [-0.39, 0.29) is 11.1 Å². The first-order valence-electron chi connectivity index (χ1n) is 3.52. The smallest absolute Gasteiger partial charge is 0.387 e. The zero-order valence-electron chi connectivity index (χ0n) is 7.53. The van der Waals surface area contributed by atoms with Crippen LogP contribution in [0.25, 0.3) is 0 Å². The molecule has 0 fully saturated rings. The van der Waals surface area contributed by atoms with Crippen LogP contribution in [-0.4, -0.2) is 6.61 Å². The van der Waals surface area contributed by atoms with Crippen molar-refractivity contribution in [3.63, 3.8) is 0 Å². The molecule has 0 radical (unpaired) electrons. The van der Waals surface area contributed by atoms with Gasteiger partial charge >= 0.3 is 6.61 Å². The number of ether oxygens (including phenoxy) is 1. The average molecular weight is 192 g/mol. The second-order valence-corrected chi connectivity index (χ2v) is 2.58. The van der Waals surface area contributed by atoms with E-state index in [0.29, 0.717) is 0 Å². The van der Waals surface area contributed by atoms with Gasteiger partial charge in [0.05, 0.1) is 0 Å². The van der Waals surface area contributed by atoms with Crippen molar-refractivity contribution >= 4 is 0 Å². The van der Waals surface area contributed by atoms with Crippen molar-refractivity contribution in [2.24, 2.45) is 0 Å². The second kappa shape index (κ2) is 4.74. The maximum absolute atomic E-state index is 13.1. The molecule has 0 aromatic heterocycles. The lowest BCUT2D eigenvalue weighted by atomic mass is 10.2. The Balaban J connectivity index is 4.89. The number of halogens is 3. The minimum atomic E-state index is -3.06. The third-order valence-corrected chi connectivity index (χ3v) is 1.17. The van der Waals surface area contributed by atoms with E-state index in [1.165, 1.54) is 13.8 Å². The zero-order valence-corrected chi connectivity index (χ0v) is 7.53. The molecule has 0 rings (SSSR count). The van der Waals surface area contributed by atoms with Gasteiger partial charge in [-0.2, -0.15) is 8.78 Å². The number of allylic oxidation sites excluding steroid dienone is 3. The van der Waals surface area contributed by atoms with Gasteiger partial charge in [-0.05, 0) is 25.0 Å². The SMILES string of the molecule is C=C(C)/C(F)=C(/OC(F)F)C(=C)C. The van der Waals surface area contributed by atoms with E-state index >= 15 is 0 Å². The Morgan fingerprint density at radius 3 is 1.85 bits per heavy atom. The molecule has 4 heteroatoms. The first kappa shape index (κ1) is 11.8. The minimum absolute atomic E-state index is 0.0265. The molecule has 0 saturated carbocycles. The largest absolute Gasteiger partial charge is 0.431 e. The van der Waals surface area contributed by atoms with Crippen molar-refractivity contribution in [3.05, 3.63) is 35.9 Å². The maximum atomic E-state index is 13.1. The molecule has 0 bridgehead atoms. The molecule has 0 aromatic rings. The number of alkyl halides is 2. The van der Waals surface area contributed by atoms with E-state index in [2.05, 4.69) is 17.9 Å². The quantitative estimate of drug-likeness (QED) is 0.488. The van der Waals surface area contributed by atoms with Crippen LogP contribution in [0.4, 0.5) is 13.2 Å². The van der Waals surface area contributed by atoms with Crippen molar-refractivity contribution in [2.45, 2.75) is 20.5 Å². The monoisotopic (exact) mass is 192 g/mol. The molecule has 13 heavy (non-hydrogen) atoms. The predicted octanol–water partition coefficient (Wildman–Crippen LogP) is 3.56. The van der Waals surface area contributed by atoms with Gasteiger partial charge in [0, 0.05) is 0 Å². The lowest BCUT2D eigenvalue weighted by molar-refractivity contribution is -0.0951. The summed E-state index contributed by atoms with van der Waals surface area (Å²) in [5, 5.41) is 0. The van der Waals surface area contributed by atoms with Gasteiger partial charge in [-0.1, -0.05) is 13.2 Å². The van der Waals surface area contributed by atoms with Crippen molar-refractivity contribution in [1.82, 2.24) is 0 Å². The van der Waals surface area contributed by atoms with Crippen LogP contribution in [0.2, 0.25) is 0 Å². The molecule has 0 heterocycles. The molecule has 0 unspecified atom stereocenters. The first-order valence-corrected chi connectivity index (χ1v) is 3.52. The number of rotatable bonds is 4. The van der Waals surface area contributed by atoms with Crippen LogP contribution in [0.3, 0.4) is 0 Å². The van der Waals surface area contributed by atoms with Gasteiger partial charge < -0.3 is 4.74 Å². The highest BCUT2D eigenvalue weighted by molar-refractivity contribution is 5.33. The molecule has 0 N–H and O–H groups in total. The molecule has 74 valence electrons. The Bertz CT molecular complexity index is 254. The fourth-order valence-electron chi connectivity index (χ4n) is 0.623. The van der Waals surface area contributed by atoms with E-state index in [9.17, 15) is 13.2 Å². The maximum Gasteiger partial charge on any atom is 0.387 e. The second-order valence-electron chi connectivity index (χ2n) is 2.58. The Morgan fingerprint density at radius 2 is 1.62 bits per heavy atom. The Labute approximate surface area is 75.2 Å². The average Bonchev–Trinajstić information content (AvgIpc) is 1.97. The van der Waals surface area contributed by atoms with Crippen molar-refractivity contribution in [3.8, 4) is 0 Å². The van der Waals surface area contributed by atoms with Crippen LogP contribution < -0.4 is 0 Å². The van der Waals surface area contributed by atoms with Gasteiger partial charge in [-0.15, -0.1) is 0 Å². The van der Waals surface area contributed by atoms with Crippen LogP contribution in [0.15, 0.2) is 35.9 Å². The molecule has 1 nitrogen and oxygen atoms in total. The highest BCUT2D eigenvalue weighted by Gasteiger charge is 2.14. The van der Waals surface area contributed by atoms with Crippen LogP contribution in [-0.2, 0) is 4.74 Å². The fourth-order valence-corrected chi connectivity index (χ4v) is 0.623. The molecule has 0 aromatic carbocycles. The highest BCUT2D eigenvalue weighted by Crippen LogP contribution is 2.23. The van der Waals surface area contributed by atoms with Crippen LogP contribution in [0.5, 0.6) is 0 Å². The van der Waals surface area contributed by atoms with E-state index in [0.717, 1.165) is 0 Å². The van der Waals surface area contributed by atoms with Gasteiger partial charge in [0.2, 0.25) is 0 Å². The van der Waals surface area contributed by atoms with Crippen LogP contribution in [0.1, 0.15) is 13.8 Å². The molecule has 0 saturated heterocycles. The van der Waals surface area contributed by atoms with Crippen molar-refractivity contribution < 1.29 is 17.9 Å². The lowest BCUT2D eigenvalue weighted by Crippen LogP contribution is -2.02. The summed E-state index contributed by atoms with van der Waals surface area (Å²) >= 11 is 0. The van der Waals surface area contributed by atoms with E-state index in [1.54, 1.807) is 0 Å². The zero-order chi connectivity index (χ0) is 10.6. The standard InChI is InChI=1S/C9H11F3O/c1-5(2)7(10)8(6(3)4)13-9(11)12/h9H,1,3H2,2,4H3/b8-7-. The summed E-state index contributed by atoms with van der Waals surface area (Å²) in [5.74, 6) is -1.43.